The number of likely N-dealkylation sites (tertiary alicyclic amines) is 1. The Kier molecular flexibility index (Phi) is 4.47. The van der Waals surface area contributed by atoms with Crippen LogP contribution in [0, 0.1) is 0 Å². The highest BCUT2D eigenvalue weighted by Gasteiger charge is 2.38. The van der Waals surface area contributed by atoms with Crippen LogP contribution in [0.2, 0.25) is 0 Å². The fourth-order valence-electron chi connectivity index (χ4n) is 3.62. The molecular weight excluding hydrogens is 280 g/mol. The number of fused-ring (bicyclic) bond motifs is 1. The van der Waals surface area contributed by atoms with Gasteiger partial charge in [-0.15, -0.1) is 0 Å². The zero-order valence-corrected chi connectivity index (χ0v) is 12.8. The summed E-state index contributed by atoms with van der Waals surface area (Å²) in [5.41, 5.74) is 1.92. The highest BCUT2D eigenvalue weighted by molar-refractivity contribution is 5.78. The summed E-state index contributed by atoms with van der Waals surface area (Å²) in [6.07, 6.45) is 2.63. The van der Waals surface area contributed by atoms with Gasteiger partial charge in [-0.3, -0.25) is 4.79 Å². The van der Waals surface area contributed by atoms with Crippen molar-refractivity contribution in [2.24, 2.45) is 0 Å². The molecule has 1 aromatic rings. The van der Waals surface area contributed by atoms with Crippen molar-refractivity contribution in [2.45, 2.75) is 37.3 Å². The molecule has 5 heteroatoms. The molecule has 0 aromatic heterocycles. The van der Waals surface area contributed by atoms with Crippen molar-refractivity contribution in [3.05, 3.63) is 35.4 Å². The number of nitrogens with one attached hydrogen (secondary N) is 1. The molecule has 1 aromatic carbocycles. The molecule has 2 unspecified atom stereocenters. The summed E-state index contributed by atoms with van der Waals surface area (Å²) in [5, 5.41) is 23.5. The minimum atomic E-state index is -0.613. The van der Waals surface area contributed by atoms with Crippen molar-refractivity contribution in [2.75, 3.05) is 26.2 Å². The van der Waals surface area contributed by atoms with E-state index in [-0.39, 0.29) is 12.5 Å². The summed E-state index contributed by atoms with van der Waals surface area (Å²) < 4.78 is 0. The molecule has 22 heavy (non-hydrogen) atoms. The number of rotatable bonds is 6. The van der Waals surface area contributed by atoms with Crippen LogP contribution in [0.4, 0.5) is 0 Å². The Morgan fingerprint density at radius 3 is 2.86 bits per heavy atom. The number of aliphatic hydroxyl groups is 2. The van der Waals surface area contributed by atoms with Crippen LogP contribution in [0.5, 0.6) is 0 Å². The molecule has 2 atom stereocenters. The molecule has 3 N–H and O–H groups in total. The first kappa shape index (κ1) is 15.5. The third-order valence-electron chi connectivity index (χ3n) is 4.90. The molecule has 3 rings (SSSR count). The van der Waals surface area contributed by atoms with Crippen molar-refractivity contribution < 1.29 is 15.0 Å². The third-order valence-corrected chi connectivity index (χ3v) is 4.90. The van der Waals surface area contributed by atoms with Crippen molar-refractivity contribution in [3.8, 4) is 0 Å². The van der Waals surface area contributed by atoms with Crippen LogP contribution in [0.1, 0.15) is 30.4 Å². The van der Waals surface area contributed by atoms with Crippen molar-refractivity contribution in [1.29, 1.82) is 0 Å². The molecule has 1 aliphatic heterocycles. The molecule has 5 nitrogen and oxygen atoms in total. The smallest absolute Gasteiger partial charge is 0.222 e. The standard InChI is InChI=1S/C17H24N2O3/c20-12-17(8-7-13-4-1-2-5-15(13)17)18-10-14(21)11-19-9-3-6-16(19)22/h1-2,4-5,14,18,20-21H,3,6-12H2. The van der Waals surface area contributed by atoms with E-state index in [0.29, 0.717) is 19.5 Å². The second-order valence-corrected chi connectivity index (χ2v) is 6.38. The van der Waals surface area contributed by atoms with E-state index < -0.39 is 11.6 Å². The summed E-state index contributed by atoms with van der Waals surface area (Å²) in [6, 6.07) is 8.13. The first-order chi connectivity index (χ1) is 10.6. The summed E-state index contributed by atoms with van der Waals surface area (Å²) >= 11 is 0. The van der Waals surface area contributed by atoms with Crippen LogP contribution < -0.4 is 5.32 Å². The third kappa shape index (κ3) is 2.89. The molecule has 0 bridgehead atoms. The number of nitrogens with zero attached hydrogens (tertiary/aromatic N) is 1. The zero-order chi connectivity index (χ0) is 15.6. The molecule has 1 aliphatic carbocycles. The Morgan fingerprint density at radius 2 is 2.14 bits per heavy atom. The van der Waals surface area contributed by atoms with Crippen LogP contribution in [0.15, 0.2) is 24.3 Å². The SMILES string of the molecule is O=C1CCCN1CC(O)CNC1(CO)CCc2ccccc21. The van der Waals surface area contributed by atoms with Gasteiger partial charge in [-0.2, -0.15) is 0 Å². The fraction of sp³-hybridized carbons (Fsp3) is 0.588. The van der Waals surface area contributed by atoms with Gasteiger partial charge >= 0.3 is 0 Å². The van der Waals surface area contributed by atoms with Crippen LogP contribution in [-0.2, 0) is 16.8 Å². The first-order valence-electron chi connectivity index (χ1n) is 8.05. The van der Waals surface area contributed by atoms with Crippen LogP contribution in [0.25, 0.3) is 0 Å². The molecular formula is C17H24N2O3. The summed E-state index contributed by atoms with van der Waals surface area (Å²) in [7, 11) is 0. The van der Waals surface area contributed by atoms with Gasteiger partial charge in [0.25, 0.3) is 0 Å². The first-order valence-corrected chi connectivity index (χ1v) is 8.05. The van der Waals surface area contributed by atoms with E-state index >= 15 is 0 Å². The Bertz CT molecular complexity index is 548. The lowest BCUT2D eigenvalue weighted by Crippen LogP contribution is -2.49. The average Bonchev–Trinajstić information content (AvgIpc) is 3.10. The van der Waals surface area contributed by atoms with Gasteiger partial charge in [-0.25, -0.2) is 0 Å². The number of amides is 1. The van der Waals surface area contributed by atoms with Gasteiger partial charge in [0, 0.05) is 26.1 Å². The Hall–Kier alpha value is -1.43. The average molecular weight is 304 g/mol. The van der Waals surface area contributed by atoms with Crippen molar-refractivity contribution >= 4 is 5.91 Å². The normalized spacial score (nSPS) is 25.5. The lowest BCUT2D eigenvalue weighted by atomic mass is 9.92. The maximum Gasteiger partial charge on any atom is 0.222 e. The predicted octanol–water partition coefficient (Wildman–Crippen LogP) is 0.393. The minimum absolute atomic E-state index is 0.0133. The molecule has 1 saturated heterocycles. The van der Waals surface area contributed by atoms with Gasteiger partial charge in [0.1, 0.15) is 0 Å². The number of carbonyl (C=O) groups is 1. The van der Waals surface area contributed by atoms with E-state index in [9.17, 15) is 15.0 Å². The van der Waals surface area contributed by atoms with Crippen molar-refractivity contribution in [3.63, 3.8) is 0 Å². The molecule has 1 heterocycles. The number of β-amino-alcohol motifs (C(OH)–C–C–N with tert-alkyl or cyclic N) is 1. The van der Waals surface area contributed by atoms with E-state index in [2.05, 4.69) is 11.4 Å². The van der Waals surface area contributed by atoms with E-state index in [1.807, 2.05) is 18.2 Å². The Labute approximate surface area is 130 Å². The van der Waals surface area contributed by atoms with Gasteiger partial charge < -0.3 is 20.4 Å². The topological polar surface area (TPSA) is 72.8 Å². The quantitative estimate of drug-likeness (QED) is 0.711. The predicted molar refractivity (Wildman–Crippen MR) is 83.4 cm³/mol. The second kappa shape index (κ2) is 6.36. The molecule has 0 saturated carbocycles. The number of aryl methyl sites for hydroxylation is 1. The zero-order valence-electron chi connectivity index (χ0n) is 12.8. The number of hydrogen-bond donors (Lipinski definition) is 3. The Balaban J connectivity index is 1.61. The highest BCUT2D eigenvalue weighted by Crippen LogP contribution is 2.36. The van der Waals surface area contributed by atoms with Gasteiger partial charge in [0.15, 0.2) is 0 Å². The summed E-state index contributed by atoms with van der Waals surface area (Å²) in [4.78, 5) is 13.3. The maximum absolute atomic E-state index is 11.6. The van der Waals surface area contributed by atoms with Gasteiger partial charge in [-0.05, 0) is 30.4 Å². The summed E-state index contributed by atoms with van der Waals surface area (Å²) in [6.45, 7) is 1.50. The molecule has 0 spiro atoms. The van der Waals surface area contributed by atoms with Gasteiger partial charge in [-0.1, -0.05) is 24.3 Å². The lowest BCUT2D eigenvalue weighted by Gasteiger charge is -2.31. The largest absolute Gasteiger partial charge is 0.394 e. The molecule has 2 aliphatic rings. The Morgan fingerprint density at radius 1 is 1.32 bits per heavy atom. The maximum atomic E-state index is 11.6. The number of hydrogen-bond acceptors (Lipinski definition) is 4. The summed E-state index contributed by atoms with van der Waals surface area (Å²) in [5.74, 6) is 0.127. The molecule has 0 radical (unpaired) electrons. The molecule has 1 fully saturated rings. The van der Waals surface area contributed by atoms with Crippen LogP contribution in [0.3, 0.4) is 0 Å². The van der Waals surface area contributed by atoms with E-state index in [0.717, 1.165) is 31.4 Å². The van der Waals surface area contributed by atoms with Crippen molar-refractivity contribution in [1.82, 2.24) is 10.2 Å². The number of benzene rings is 1. The highest BCUT2D eigenvalue weighted by atomic mass is 16.3. The van der Waals surface area contributed by atoms with E-state index in [4.69, 9.17) is 0 Å². The molecule has 1 amide bonds. The van der Waals surface area contributed by atoms with Crippen LogP contribution >= 0.6 is 0 Å². The van der Waals surface area contributed by atoms with Gasteiger partial charge in [0.2, 0.25) is 5.91 Å². The monoisotopic (exact) mass is 304 g/mol. The fourth-order valence-corrected chi connectivity index (χ4v) is 3.62. The number of aliphatic hydroxyl groups excluding tert-OH is 2. The molecule has 120 valence electrons. The van der Waals surface area contributed by atoms with E-state index in [1.54, 1.807) is 4.90 Å². The number of carbonyl (C=O) groups excluding carboxylic acids is 1. The second-order valence-electron chi connectivity index (χ2n) is 6.38. The van der Waals surface area contributed by atoms with Crippen LogP contribution in [-0.4, -0.2) is 53.4 Å². The minimum Gasteiger partial charge on any atom is -0.394 e. The lowest BCUT2D eigenvalue weighted by molar-refractivity contribution is -0.128. The van der Waals surface area contributed by atoms with E-state index in [1.165, 1.54) is 5.56 Å². The van der Waals surface area contributed by atoms with Gasteiger partial charge in [0.05, 0.1) is 18.2 Å².